The van der Waals surface area contributed by atoms with Crippen LogP contribution in [0.3, 0.4) is 0 Å². The van der Waals surface area contributed by atoms with Gasteiger partial charge >= 0.3 is 0 Å². The molecule has 0 aliphatic heterocycles. The lowest BCUT2D eigenvalue weighted by Crippen LogP contribution is -2.01. The molecule has 0 atom stereocenters. The van der Waals surface area contributed by atoms with Crippen molar-refractivity contribution in [2.24, 2.45) is 0 Å². The van der Waals surface area contributed by atoms with Crippen LogP contribution in [0.5, 0.6) is 0 Å². The molecule has 1 heterocycles. The van der Waals surface area contributed by atoms with Gasteiger partial charge in [0.15, 0.2) is 0 Å². The molecular weight excluding hydrogens is 242 g/mol. The van der Waals surface area contributed by atoms with Crippen molar-refractivity contribution in [3.8, 4) is 5.69 Å². The number of nitro groups is 1. The Kier molecular flexibility index (Phi) is 3.10. The maximum Gasteiger partial charge on any atom is 0.269 e. The highest BCUT2D eigenvalue weighted by molar-refractivity contribution is 6.17. The van der Waals surface area contributed by atoms with E-state index >= 15 is 0 Å². The van der Waals surface area contributed by atoms with Gasteiger partial charge in [-0.15, -0.1) is 11.6 Å². The molecule has 2 rings (SSSR count). The second kappa shape index (κ2) is 4.55. The summed E-state index contributed by atoms with van der Waals surface area (Å²) >= 11 is 5.82. The highest BCUT2D eigenvalue weighted by atomic mass is 35.5. The quantitative estimate of drug-likeness (QED) is 0.479. The summed E-state index contributed by atoms with van der Waals surface area (Å²) in [5.41, 5.74) is 1.57. The van der Waals surface area contributed by atoms with E-state index in [0.717, 1.165) is 11.5 Å². The zero-order valence-corrected chi connectivity index (χ0v) is 9.89. The van der Waals surface area contributed by atoms with Gasteiger partial charge < -0.3 is 4.57 Å². The van der Waals surface area contributed by atoms with Crippen molar-refractivity contribution in [3.63, 3.8) is 0 Å². The molecule has 0 spiro atoms. The van der Waals surface area contributed by atoms with Gasteiger partial charge in [0.25, 0.3) is 5.69 Å². The second-order valence-corrected chi connectivity index (χ2v) is 3.82. The van der Waals surface area contributed by atoms with Gasteiger partial charge in [-0.1, -0.05) is 0 Å². The molecule has 0 saturated heterocycles. The summed E-state index contributed by atoms with van der Waals surface area (Å²) in [6.07, 6.45) is 3.47. The van der Waals surface area contributed by atoms with Crippen LogP contribution in [0.25, 0.3) is 5.69 Å². The van der Waals surface area contributed by atoms with Crippen LogP contribution in [0.4, 0.5) is 5.69 Å². The molecule has 0 saturated carbocycles. The molecule has 0 radical (unpaired) electrons. The smallest absolute Gasteiger partial charge is 0.269 e. The van der Waals surface area contributed by atoms with Crippen molar-refractivity contribution in [1.29, 1.82) is 0 Å². The van der Waals surface area contributed by atoms with Gasteiger partial charge in [-0.2, -0.15) is 0 Å². The van der Waals surface area contributed by atoms with Crippen molar-refractivity contribution in [1.82, 2.24) is 9.55 Å². The third kappa shape index (κ3) is 2.14. The summed E-state index contributed by atoms with van der Waals surface area (Å²) in [5, 5.41) is 10.7. The van der Waals surface area contributed by atoms with Crippen molar-refractivity contribution in [2.45, 2.75) is 12.8 Å². The lowest BCUT2D eigenvalue weighted by Gasteiger charge is -2.09. The highest BCUT2D eigenvalue weighted by Crippen LogP contribution is 2.23. The minimum atomic E-state index is -0.430. The Hall–Kier alpha value is -1.88. The molecule has 0 unspecified atom stereocenters. The number of imidazole rings is 1. The average molecular weight is 252 g/mol. The summed E-state index contributed by atoms with van der Waals surface area (Å²) < 4.78 is 1.85. The number of aryl methyl sites for hydroxylation is 1. The van der Waals surface area contributed by atoms with Gasteiger partial charge in [0.2, 0.25) is 0 Å². The molecule has 0 fully saturated rings. The first-order chi connectivity index (χ1) is 8.13. The molecule has 0 N–H and O–H groups in total. The van der Waals surface area contributed by atoms with Crippen molar-refractivity contribution in [3.05, 3.63) is 52.1 Å². The Morgan fingerprint density at radius 2 is 2.29 bits per heavy atom. The normalized spacial score (nSPS) is 10.5. The van der Waals surface area contributed by atoms with E-state index in [0.29, 0.717) is 5.56 Å². The van der Waals surface area contributed by atoms with Crippen LogP contribution in [-0.4, -0.2) is 14.5 Å². The number of alkyl halides is 1. The average Bonchev–Trinajstić information content (AvgIpc) is 2.74. The van der Waals surface area contributed by atoms with Crippen LogP contribution in [0.15, 0.2) is 30.6 Å². The number of rotatable bonds is 3. The number of nitro benzene ring substituents is 1. The molecule has 6 heteroatoms. The summed E-state index contributed by atoms with van der Waals surface area (Å²) in [7, 11) is 0. The Morgan fingerprint density at radius 1 is 1.53 bits per heavy atom. The number of aromatic nitrogens is 2. The van der Waals surface area contributed by atoms with E-state index in [-0.39, 0.29) is 11.6 Å². The highest BCUT2D eigenvalue weighted by Gasteiger charge is 2.12. The summed E-state index contributed by atoms with van der Waals surface area (Å²) in [6, 6.07) is 4.64. The van der Waals surface area contributed by atoms with Gasteiger partial charge in [0.1, 0.15) is 5.82 Å². The molecule has 0 bridgehead atoms. The predicted molar refractivity (Wildman–Crippen MR) is 64.5 cm³/mol. The molecule has 1 aromatic heterocycles. The van der Waals surface area contributed by atoms with Crippen molar-refractivity contribution >= 4 is 17.3 Å². The fourth-order valence-corrected chi connectivity index (χ4v) is 1.87. The summed E-state index contributed by atoms with van der Waals surface area (Å²) in [6.45, 7) is 1.86. The first-order valence-electron chi connectivity index (χ1n) is 4.97. The first kappa shape index (κ1) is 11.6. The van der Waals surface area contributed by atoms with E-state index in [1.54, 1.807) is 18.5 Å². The van der Waals surface area contributed by atoms with E-state index in [9.17, 15) is 10.1 Å². The Labute approximate surface area is 103 Å². The van der Waals surface area contributed by atoms with Gasteiger partial charge in [-0.25, -0.2) is 4.98 Å². The van der Waals surface area contributed by atoms with Gasteiger partial charge in [0, 0.05) is 30.4 Å². The standard InChI is InChI=1S/C11H10ClN3O2/c1-8-13-4-5-14(8)11-3-2-10(15(16)17)6-9(11)7-12/h2-6H,7H2,1H3. The Bertz CT molecular complexity index is 566. The van der Waals surface area contributed by atoms with Crippen LogP contribution >= 0.6 is 11.6 Å². The lowest BCUT2D eigenvalue weighted by molar-refractivity contribution is -0.384. The van der Waals surface area contributed by atoms with Crippen molar-refractivity contribution in [2.75, 3.05) is 0 Å². The lowest BCUT2D eigenvalue weighted by atomic mass is 10.1. The number of benzene rings is 1. The fraction of sp³-hybridized carbons (Fsp3) is 0.182. The van der Waals surface area contributed by atoms with Crippen LogP contribution < -0.4 is 0 Å². The predicted octanol–water partition coefficient (Wildman–Crippen LogP) is 2.83. The molecule has 0 amide bonds. The van der Waals surface area contributed by atoms with E-state index < -0.39 is 4.92 Å². The Morgan fingerprint density at radius 3 is 2.82 bits per heavy atom. The minimum Gasteiger partial charge on any atom is -0.304 e. The first-order valence-corrected chi connectivity index (χ1v) is 5.50. The molecule has 17 heavy (non-hydrogen) atoms. The third-order valence-electron chi connectivity index (χ3n) is 2.50. The second-order valence-electron chi connectivity index (χ2n) is 3.55. The molecule has 2 aromatic rings. The van der Waals surface area contributed by atoms with E-state index in [1.807, 2.05) is 11.5 Å². The monoisotopic (exact) mass is 251 g/mol. The zero-order chi connectivity index (χ0) is 12.4. The fourth-order valence-electron chi connectivity index (χ4n) is 1.66. The minimum absolute atomic E-state index is 0.0437. The topological polar surface area (TPSA) is 61.0 Å². The Balaban J connectivity index is 2.56. The number of hydrogen-bond acceptors (Lipinski definition) is 3. The number of non-ortho nitro benzene ring substituents is 1. The van der Waals surface area contributed by atoms with Crippen LogP contribution in [0.2, 0.25) is 0 Å². The summed E-state index contributed by atoms with van der Waals surface area (Å²) in [4.78, 5) is 14.4. The van der Waals surface area contributed by atoms with Crippen LogP contribution in [0, 0.1) is 17.0 Å². The number of nitrogens with zero attached hydrogens (tertiary/aromatic N) is 3. The number of halogens is 1. The van der Waals surface area contributed by atoms with Gasteiger partial charge in [-0.05, 0) is 18.6 Å². The maximum absolute atomic E-state index is 10.7. The van der Waals surface area contributed by atoms with Crippen LogP contribution in [0.1, 0.15) is 11.4 Å². The SMILES string of the molecule is Cc1nccn1-c1ccc([N+](=O)[O-])cc1CCl. The van der Waals surface area contributed by atoms with E-state index in [1.165, 1.54) is 12.1 Å². The molecule has 0 aliphatic rings. The van der Waals surface area contributed by atoms with Gasteiger partial charge in [0.05, 0.1) is 10.6 Å². The zero-order valence-electron chi connectivity index (χ0n) is 9.13. The molecule has 0 aliphatic carbocycles. The molecule has 5 nitrogen and oxygen atoms in total. The maximum atomic E-state index is 10.7. The molecular formula is C11H10ClN3O2. The van der Waals surface area contributed by atoms with E-state index in [2.05, 4.69) is 4.98 Å². The third-order valence-corrected chi connectivity index (χ3v) is 2.79. The molecule has 88 valence electrons. The van der Waals surface area contributed by atoms with Gasteiger partial charge in [-0.3, -0.25) is 10.1 Å². The van der Waals surface area contributed by atoms with E-state index in [4.69, 9.17) is 11.6 Å². The van der Waals surface area contributed by atoms with Crippen LogP contribution in [-0.2, 0) is 5.88 Å². The molecule has 1 aromatic carbocycles. The summed E-state index contributed by atoms with van der Waals surface area (Å²) in [5.74, 6) is 1.03. The number of hydrogen-bond donors (Lipinski definition) is 0. The van der Waals surface area contributed by atoms with Crippen molar-refractivity contribution < 1.29 is 4.92 Å². The largest absolute Gasteiger partial charge is 0.304 e.